The molecule has 4 saturated carbocycles. The fourth-order valence-corrected chi connectivity index (χ4v) is 10.7. The molecule has 7 nitrogen and oxygen atoms in total. The molecule has 1 heterocycles. The number of ether oxygens (including phenoxy) is 1. The monoisotopic (exact) mass is 669 g/mol. The van der Waals surface area contributed by atoms with E-state index in [1.54, 1.807) is 24.3 Å². The molecule has 0 spiro atoms. The number of halogens is 1. The molecular formula is C41H52FN3O4. The Labute approximate surface area is 289 Å². The van der Waals surface area contributed by atoms with Crippen molar-refractivity contribution >= 4 is 22.5 Å². The lowest BCUT2D eigenvalue weighted by Gasteiger charge is -2.60. The first-order chi connectivity index (χ1) is 23.7. The maximum absolute atomic E-state index is 14.7. The molecule has 1 aromatic heterocycles. The number of hydrogen-bond acceptors (Lipinski definition) is 5. The minimum absolute atomic E-state index is 0.0213. The lowest BCUT2D eigenvalue weighted by Crippen LogP contribution is -2.54. The summed E-state index contributed by atoms with van der Waals surface area (Å²) in [6.07, 6.45) is 14.8. The summed E-state index contributed by atoms with van der Waals surface area (Å²) < 4.78 is 21.3. The Bertz CT molecular complexity index is 1760. The van der Waals surface area contributed by atoms with Gasteiger partial charge in [0.05, 0.1) is 22.7 Å². The van der Waals surface area contributed by atoms with Crippen LogP contribution in [0.1, 0.15) is 119 Å². The standard InChI is InChI=1S/C41H52FN3O4/c1-40-19-17-28(46)25-27(40)12-13-31-33-14-16-37(41(33,2)20-18-34(31)40)49-22-8-4-3-7-21-43-38(47)32-23-26(11-15-35(32)42)24-36-29-9-5-6-10-30(29)39(48)45-44-36/h5-6,9-11,15,23,27,31,33-34,37H,3-4,7-8,12-14,16-22,24-25H2,1-2H3,(H,43,47)(H,45,48)/t27-,31-,33-,34-,37-,40-,41-/m0/s1. The second-order valence-corrected chi connectivity index (χ2v) is 16.1. The van der Waals surface area contributed by atoms with Gasteiger partial charge in [-0.25, -0.2) is 9.49 Å². The molecule has 1 amide bonds. The van der Waals surface area contributed by atoms with Crippen LogP contribution in [0.4, 0.5) is 4.39 Å². The number of H-pyrrole nitrogens is 1. The lowest BCUT2D eigenvalue weighted by atomic mass is 9.45. The summed E-state index contributed by atoms with van der Waals surface area (Å²) in [4.78, 5) is 37.3. The van der Waals surface area contributed by atoms with Crippen LogP contribution in [0.15, 0.2) is 47.3 Å². The highest BCUT2D eigenvalue weighted by Gasteiger charge is 2.60. The van der Waals surface area contributed by atoms with Crippen molar-refractivity contribution in [2.24, 2.45) is 34.5 Å². The molecule has 7 rings (SSSR count). The highest BCUT2D eigenvalue weighted by atomic mass is 19.1. The van der Waals surface area contributed by atoms with E-state index in [0.717, 1.165) is 80.3 Å². The number of benzene rings is 2. The number of carbonyl (C=O) groups excluding carboxylic acids is 2. The number of aromatic amines is 1. The number of nitrogens with zero attached hydrogens (tertiary/aromatic N) is 1. The van der Waals surface area contributed by atoms with E-state index >= 15 is 0 Å². The predicted octanol–water partition coefficient (Wildman–Crippen LogP) is 7.94. The number of unbranched alkanes of at least 4 members (excludes halogenated alkanes) is 3. The first-order valence-corrected chi connectivity index (χ1v) is 18.8. The van der Waals surface area contributed by atoms with Crippen LogP contribution in [0.2, 0.25) is 0 Å². The Balaban J connectivity index is 0.834. The maximum atomic E-state index is 14.7. The smallest absolute Gasteiger partial charge is 0.272 e. The van der Waals surface area contributed by atoms with Crippen molar-refractivity contribution in [3.8, 4) is 0 Å². The zero-order chi connectivity index (χ0) is 34.2. The van der Waals surface area contributed by atoms with Gasteiger partial charge in [0, 0.05) is 37.8 Å². The number of Topliss-reactive ketones (excluding diaryl/α,β-unsaturated/α-hetero) is 1. The van der Waals surface area contributed by atoms with Gasteiger partial charge in [0.2, 0.25) is 0 Å². The predicted molar refractivity (Wildman–Crippen MR) is 189 cm³/mol. The van der Waals surface area contributed by atoms with Crippen LogP contribution < -0.4 is 10.9 Å². The van der Waals surface area contributed by atoms with Crippen LogP contribution in [0, 0.1) is 40.3 Å². The molecule has 49 heavy (non-hydrogen) atoms. The van der Waals surface area contributed by atoms with Crippen molar-refractivity contribution in [3.63, 3.8) is 0 Å². The van der Waals surface area contributed by atoms with Gasteiger partial charge < -0.3 is 10.1 Å². The summed E-state index contributed by atoms with van der Waals surface area (Å²) in [6.45, 7) is 6.31. The highest BCUT2D eigenvalue weighted by Crippen LogP contribution is 2.66. The van der Waals surface area contributed by atoms with Crippen LogP contribution in [0.25, 0.3) is 10.8 Å². The molecule has 4 aliphatic carbocycles. The summed E-state index contributed by atoms with van der Waals surface area (Å²) >= 11 is 0. The molecule has 4 fully saturated rings. The summed E-state index contributed by atoms with van der Waals surface area (Å²) in [6, 6.07) is 11.8. The summed E-state index contributed by atoms with van der Waals surface area (Å²) in [5, 5.41) is 10.9. The van der Waals surface area contributed by atoms with E-state index in [4.69, 9.17) is 4.74 Å². The molecule has 2 N–H and O–H groups in total. The highest BCUT2D eigenvalue weighted by molar-refractivity contribution is 5.94. The molecule has 262 valence electrons. The number of nitrogens with one attached hydrogen (secondary N) is 2. The van der Waals surface area contributed by atoms with Crippen molar-refractivity contribution in [1.29, 1.82) is 0 Å². The minimum Gasteiger partial charge on any atom is -0.378 e. The third kappa shape index (κ3) is 6.62. The van der Waals surface area contributed by atoms with Gasteiger partial charge in [-0.1, -0.05) is 51.0 Å². The van der Waals surface area contributed by atoms with Gasteiger partial charge >= 0.3 is 0 Å². The average molecular weight is 670 g/mol. The number of carbonyl (C=O) groups is 2. The molecule has 7 atom stereocenters. The van der Waals surface area contributed by atoms with Gasteiger partial charge in [-0.15, -0.1) is 0 Å². The normalized spacial score (nSPS) is 30.8. The third-order valence-corrected chi connectivity index (χ3v) is 13.5. The third-order valence-electron chi connectivity index (χ3n) is 13.5. The van der Waals surface area contributed by atoms with Crippen LogP contribution in [0.5, 0.6) is 0 Å². The number of ketones is 1. The van der Waals surface area contributed by atoms with Crippen molar-refractivity contribution < 1.29 is 18.7 Å². The van der Waals surface area contributed by atoms with Crippen molar-refractivity contribution in [1.82, 2.24) is 15.5 Å². The second kappa shape index (κ2) is 14.1. The van der Waals surface area contributed by atoms with E-state index in [2.05, 4.69) is 29.4 Å². The molecule has 3 aromatic rings. The van der Waals surface area contributed by atoms with Gasteiger partial charge in [0.15, 0.2) is 0 Å². The largest absolute Gasteiger partial charge is 0.378 e. The lowest BCUT2D eigenvalue weighted by molar-refractivity contribution is -0.145. The Morgan fingerprint density at radius 3 is 2.59 bits per heavy atom. The number of aromatic nitrogens is 2. The summed E-state index contributed by atoms with van der Waals surface area (Å²) in [5.74, 6) is 2.44. The Kier molecular flexibility index (Phi) is 9.80. The van der Waals surface area contributed by atoms with E-state index < -0.39 is 11.7 Å². The summed E-state index contributed by atoms with van der Waals surface area (Å²) in [5.41, 5.74) is 1.81. The van der Waals surface area contributed by atoms with Gasteiger partial charge in [0.25, 0.3) is 11.5 Å². The molecule has 0 bridgehead atoms. The zero-order valence-electron chi connectivity index (χ0n) is 29.2. The molecule has 0 aliphatic heterocycles. The van der Waals surface area contributed by atoms with E-state index in [1.165, 1.54) is 44.6 Å². The molecule has 4 aliphatic rings. The Hall–Kier alpha value is -3.39. The zero-order valence-corrected chi connectivity index (χ0v) is 29.2. The first-order valence-electron chi connectivity index (χ1n) is 18.8. The fraction of sp³-hybridized carbons (Fsp3) is 0.610. The minimum atomic E-state index is -0.554. The van der Waals surface area contributed by atoms with Crippen LogP contribution in [-0.4, -0.2) is 41.1 Å². The molecule has 0 radical (unpaired) electrons. The van der Waals surface area contributed by atoms with Crippen LogP contribution >= 0.6 is 0 Å². The van der Waals surface area contributed by atoms with E-state index in [1.807, 2.05) is 12.1 Å². The number of hydrogen-bond donors (Lipinski definition) is 2. The second-order valence-electron chi connectivity index (χ2n) is 16.1. The number of fused-ring (bicyclic) bond motifs is 6. The van der Waals surface area contributed by atoms with Gasteiger partial charge in [-0.05, 0) is 116 Å². The molecule has 0 unspecified atom stereocenters. The fourth-order valence-electron chi connectivity index (χ4n) is 10.7. The number of rotatable bonds is 11. The van der Waals surface area contributed by atoms with E-state index in [-0.39, 0.29) is 16.5 Å². The van der Waals surface area contributed by atoms with Gasteiger partial charge in [-0.3, -0.25) is 14.4 Å². The average Bonchev–Trinajstić information content (AvgIpc) is 3.44. The maximum Gasteiger partial charge on any atom is 0.272 e. The van der Waals surface area contributed by atoms with Gasteiger partial charge in [0.1, 0.15) is 11.6 Å². The van der Waals surface area contributed by atoms with Gasteiger partial charge in [-0.2, -0.15) is 5.10 Å². The van der Waals surface area contributed by atoms with Crippen molar-refractivity contribution in [2.45, 2.75) is 110 Å². The summed E-state index contributed by atoms with van der Waals surface area (Å²) in [7, 11) is 0. The first kappa shape index (κ1) is 34.1. The molecule has 2 aromatic carbocycles. The number of amides is 1. The SMILES string of the molecule is C[C@]12CCC(=O)C[C@@H]1CC[C@@H]1[C@@H]2CC[C@]2(C)[C@@H](OCCCCCCNC(=O)c3cc(Cc4n[nH]c(=O)c5ccccc45)ccc3F)CC[C@@H]12. The van der Waals surface area contributed by atoms with E-state index in [9.17, 15) is 18.8 Å². The van der Waals surface area contributed by atoms with Crippen LogP contribution in [0.3, 0.4) is 0 Å². The van der Waals surface area contributed by atoms with Crippen molar-refractivity contribution in [2.75, 3.05) is 13.2 Å². The Morgan fingerprint density at radius 1 is 0.939 bits per heavy atom. The topological polar surface area (TPSA) is 101 Å². The molecule has 0 saturated heterocycles. The molecular weight excluding hydrogens is 617 g/mol. The molecule has 8 heteroatoms. The quantitative estimate of drug-likeness (QED) is 0.202. The van der Waals surface area contributed by atoms with E-state index in [0.29, 0.717) is 47.3 Å². The Morgan fingerprint density at radius 2 is 1.73 bits per heavy atom. The van der Waals surface area contributed by atoms with Crippen molar-refractivity contribution in [3.05, 3.63) is 75.5 Å². The van der Waals surface area contributed by atoms with Crippen LogP contribution in [-0.2, 0) is 16.0 Å².